The van der Waals surface area contributed by atoms with Gasteiger partial charge in [0.25, 0.3) is 11.1 Å². The Hall–Kier alpha value is -8.63. The second kappa shape index (κ2) is 40.2. The van der Waals surface area contributed by atoms with Gasteiger partial charge in [-0.3, -0.25) is 57.7 Å². The Labute approximate surface area is 529 Å². The standard InChI is InChI=1S/C36H57N13O9S2.C10H12ClN5O4.C2HF3O2.C2H5NO/c37-26-15-24-31(34(55)47-26)43-19-49(24)20-57-13-14-58-29(52)18-59-16-23(32(38)53)45-33(54)21(7-6-12-42-35(39)40)44-28(51)10-2-1-5-11-41-27(50)9-4-3-8-25-30-22(17-60-25)46-36(56)48-30;11-3-6(17)20-2-1-19-5-16-4-13-7-8(16)14-10(12)15-9(7)18;3-2(4,5)1(6)7;1-2(3)4/h15,19,21-23,25,30H,1-14,16-18,20H2,(H2,38,53)(H,41,50)(H,44,51)(H,45,54)(H3,37,47,55)(H4,39,40,42)(H2,46,48,56);4H,1-3,5H2,(H3,12,14,15,18);(H,6,7);1H3,(H2,3,4)/t21?,22-,23-,25-,30-;;;/m0.../s1. The number of pyridine rings is 1. The number of ether oxygens (including phenoxy) is 4. The quantitative estimate of drug-likeness (QED) is 0.00604. The summed E-state index contributed by atoms with van der Waals surface area (Å²) in [6.45, 7) is 2.40. The number of carbonyl (C=O) groups is 9. The van der Waals surface area contributed by atoms with Gasteiger partial charge in [-0.15, -0.1) is 23.4 Å². The molecule has 2 saturated heterocycles. The van der Waals surface area contributed by atoms with Gasteiger partial charge in [-0.2, -0.15) is 29.9 Å². The first-order valence-corrected chi connectivity index (χ1v) is 30.4. The van der Waals surface area contributed by atoms with Gasteiger partial charge in [0, 0.05) is 55.7 Å². The highest BCUT2D eigenvalue weighted by atomic mass is 35.5. The van der Waals surface area contributed by atoms with Crippen molar-refractivity contribution < 1.29 is 80.4 Å². The molecule has 2 aliphatic rings. The number of alkyl halides is 4. The van der Waals surface area contributed by atoms with Crippen LogP contribution in [0.25, 0.3) is 22.2 Å². The van der Waals surface area contributed by atoms with E-state index in [1.54, 1.807) is 10.6 Å². The van der Waals surface area contributed by atoms with E-state index < -0.39 is 59.1 Å². The number of urea groups is 1. The molecule has 1 unspecified atom stereocenters. The van der Waals surface area contributed by atoms with Crippen LogP contribution < -0.4 is 72.1 Å². The predicted molar refractivity (Wildman–Crippen MR) is 326 cm³/mol. The number of thioether (sulfide) groups is 2. The Morgan fingerprint density at radius 3 is 2.09 bits per heavy atom. The number of nitrogen functional groups attached to an aromatic ring is 2. The molecule has 7 amide bonds. The number of aromatic amines is 2. The van der Waals surface area contributed by atoms with E-state index >= 15 is 0 Å². The number of halogens is 4. The average Bonchev–Trinajstić information content (AvgIpc) is 1.73. The Morgan fingerprint density at radius 1 is 0.824 bits per heavy atom. The van der Waals surface area contributed by atoms with Crippen LogP contribution in [0.1, 0.15) is 71.1 Å². The van der Waals surface area contributed by atoms with E-state index in [9.17, 15) is 61.1 Å². The Kier molecular flexibility index (Phi) is 33.8. The highest BCUT2D eigenvalue weighted by Gasteiger charge is 2.42. The van der Waals surface area contributed by atoms with E-state index in [1.807, 2.05) is 11.8 Å². The second-order valence-corrected chi connectivity index (χ2v) is 22.0. The summed E-state index contributed by atoms with van der Waals surface area (Å²) in [7, 11) is 0. The number of carboxylic acids is 1. The van der Waals surface area contributed by atoms with Gasteiger partial charge < -0.3 is 94.6 Å². The molecule has 35 nitrogen and oxygen atoms in total. The van der Waals surface area contributed by atoms with Crippen molar-refractivity contribution in [2.24, 2.45) is 27.9 Å². The number of carbonyl (C=O) groups excluding carboxylic acids is 8. The lowest BCUT2D eigenvalue weighted by Crippen LogP contribution is -2.53. The number of H-pyrrole nitrogens is 2. The van der Waals surface area contributed by atoms with Crippen molar-refractivity contribution in [1.82, 2.24) is 60.6 Å². The number of hydrogen-bond donors (Lipinski definition) is 14. The summed E-state index contributed by atoms with van der Waals surface area (Å²) < 4.78 is 55.5. The lowest BCUT2D eigenvalue weighted by Gasteiger charge is -2.22. The highest BCUT2D eigenvalue weighted by molar-refractivity contribution is 8.00. The molecule has 20 N–H and O–H groups in total. The Bertz CT molecular complexity index is 3220. The third-order valence-corrected chi connectivity index (χ3v) is 14.9. The van der Waals surface area contributed by atoms with E-state index in [2.05, 4.69) is 62.2 Å². The number of esters is 2. The number of fused-ring (bicyclic) bond motifs is 3. The fraction of sp³-hybridized carbons (Fsp3) is 0.580. The van der Waals surface area contributed by atoms with Crippen molar-refractivity contribution in [3.8, 4) is 0 Å². The minimum Gasteiger partial charge on any atom is -0.475 e. The molecule has 0 radical (unpaired) electrons. The zero-order valence-corrected chi connectivity index (χ0v) is 51.6. The fourth-order valence-corrected chi connectivity index (χ4v) is 10.5. The first kappa shape index (κ1) is 76.6. The molecule has 0 spiro atoms. The van der Waals surface area contributed by atoms with Crippen molar-refractivity contribution in [2.45, 2.75) is 120 Å². The summed E-state index contributed by atoms with van der Waals surface area (Å²) in [5, 5.41) is 21.6. The number of unbranched alkanes of at least 4 members (excludes halogenated alkanes) is 3. The van der Waals surface area contributed by atoms with Crippen LogP contribution in [0, 0.1) is 0 Å². The van der Waals surface area contributed by atoms with Gasteiger partial charge in [-0.25, -0.2) is 19.6 Å². The van der Waals surface area contributed by atoms with E-state index in [-0.39, 0.29) is 141 Å². The van der Waals surface area contributed by atoms with Crippen molar-refractivity contribution in [2.75, 3.05) is 74.1 Å². The summed E-state index contributed by atoms with van der Waals surface area (Å²) in [5.74, 6) is -5.43. The second-order valence-electron chi connectivity index (χ2n) is 19.5. The number of guanidine groups is 1. The maximum Gasteiger partial charge on any atom is 0.490 e. The number of nitrogens with one attached hydrogen (secondary N) is 7. The van der Waals surface area contributed by atoms with E-state index in [0.717, 1.165) is 36.8 Å². The number of anilines is 2. The molecule has 0 aromatic carbocycles. The van der Waals surface area contributed by atoms with Crippen LogP contribution in [0.15, 0.2) is 33.3 Å². The monoisotopic (exact) mass is 1350 g/mol. The highest BCUT2D eigenvalue weighted by Crippen LogP contribution is 2.33. The van der Waals surface area contributed by atoms with Crippen molar-refractivity contribution in [3.63, 3.8) is 0 Å². The minimum absolute atomic E-state index is 0.000271. The number of aliphatic imine (C=N–C) groups is 1. The summed E-state index contributed by atoms with van der Waals surface area (Å²) in [6.07, 6.45) is 3.36. The number of rotatable bonds is 34. The summed E-state index contributed by atoms with van der Waals surface area (Å²) in [4.78, 5) is 148. The van der Waals surface area contributed by atoms with E-state index in [1.165, 1.54) is 24.1 Å². The molecule has 6 heterocycles. The van der Waals surface area contributed by atoms with Crippen LogP contribution in [-0.4, -0.2) is 197 Å². The molecule has 6 rings (SSSR count). The van der Waals surface area contributed by atoms with Gasteiger partial charge in [0.1, 0.15) is 50.5 Å². The maximum atomic E-state index is 13.3. The third kappa shape index (κ3) is 29.7. The first-order chi connectivity index (χ1) is 43.1. The number of primary amides is 2. The zero-order chi connectivity index (χ0) is 67.6. The van der Waals surface area contributed by atoms with Crippen LogP contribution >= 0.6 is 35.1 Å². The first-order valence-electron chi connectivity index (χ1n) is 27.7. The molecule has 91 heavy (non-hydrogen) atoms. The normalized spacial score (nSPS) is 15.3. The fourth-order valence-electron chi connectivity index (χ4n) is 8.04. The predicted octanol–water partition coefficient (Wildman–Crippen LogP) is -1.95. The lowest BCUT2D eigenvalue weighted by molar-refractivity contribution is -0.192. The smallest absolute Gasteiger partial charge is 0.475 e. The molecule has 5 atom stereocenters. The van der Waals surface area contributed by atoms with Crippen LogP contribution in [0.4, 0.5) is 29.7 Å². The molecule has 0 saturated carbocycles. The Morgan fingerprint density at radius 2 is 1.44 bits per heavy atom. The van der Waals surface area contributed by atoms with Gasteiger partial charge >= 0.3 is 30.1 Å². The molecule has 41 heteroatoms. The zero-order valence-electron chi connectivity index (χ0n) is 49.2. The average molecular weight is 1350 g/mol. The van der Waals surface area contributed by atoms with Crippen LogP contribution in [0.2, 0.25) is 0 Å². The molecule has 4 aromatic heterocycles. The number of aromatic nitrogens is 7. The van der Waals surface area contributed by atoms with Gasteiger partial charge in [0.2, 0.25) is 35.5 Å². The van der Waals surface area contributed by atoms with Crippen molar-refractivity contribution in [1.29, 1.82) is 0 Å². The SMILES string of the molecule is CC(N)=O.NC(=O)[C@H](CSCC(=O)OCCOCn1cnc2c(=O)[nH]c(N)cc21)NC(=O)C(CCCN=C(N)N)NC(=O)CCCCCNC(=O)CCCC[C@@H]1SC[C@@H]2NC(=O)N[C@@H]21.Nc1nc2c(ncn2COCCOC(=O)CCl)c(=O)[nH]1.O=C(O)C(F)(F)F. The summed E-state index contributed by atoms with van der Waals surface area (Å²) >= 11 is 8.14. The lowest BCUT2D eigenvalue weighted by atomic mass is 10.0. The number of nitrogens with zero attached hydrogens (tertiary/aromatic N) is 6. The maximum absolute atomic E-state index is 13.3. The van der Waals surface area contributed by atoms with Gasteiger partial charge in [0.05, 0.1) is 49.2 Å². The van der Waals surface area contributed by atoms with Gasteiger partial charge in [-0.05, 0) is 38.5 Å². The minimum atomic E-state index is -5.08. The molecule has 0 bridgehead atoms. The number of carboxylic acid groups (broad SMARTS) is 1. The topological polar surface area (TPSA) is 554 Å². The van der Waals surface area contributed by atoms with E-state index in [0.29, 0.717) is 55.1 Å². The molecule has 0 aliphatic carbocycles. The van der Waals surface area contributed by atoms with Crippen molar-refractivity contribution in [3.05, 3.63) is 39.4 Å². The summed E-state index contributed by atoms with van der Waals surface area (Å²) in [5.41, 5.74) is 32.4. The van der Waals surface area contributed by atoms with Crippen LogP contribution in [0.3, 0.4) is 0 Å². The molecular weight excluding hydrogens is 1280 g/mol. The van der Waals surface area contributed by atoms with E-state index in [4.69, 9.17) is 69.1 Å². The number of amides is 7. The Balaban J connectivity index is 0.000000566. The molecule has 506 valence electrons. The molecule has 4 aromatic rings. The summed E-state index contributed by atoms with van der Waals surface area (Å²) in [6, 6.07) is -0.358. The number of aliphatic carboxylic acids is 1. The van der Waals surface area contributed by atoms with Crippen molar-refractivity contribution >= 4 is 129 Å². The van der Waals surface area contributed by atoms with Crippen LogP contribution in [0.5, 0.6) is 0 Å². The largest absolute Gasteiger partial charge is 0.490 e. The number of nitrogens with two attached hydrogens (primary N) is 6. The number of hydrogen-bond acceptors (Lipinski definition) is 23. The third-order valence-electron chi connectivity index (χ3n) is 12.2. The van der Waals surface area contributed by atoms with Gasteiger partial charge in [-0.1, -0.05) is 12.8 Å². The molecular formula is C50H75ClF3N19O16S2. The molecule has 2 fully saturated rings. The number of imidazole rings is 2. The van der Waals surface area contributed by atoms with Gasteiger partial charge in [0.15, 0.2) is 22.6 Å². The van der Waals surface area contributed by atoms with Crippen LogP contribution in [-0.2, 0) is 70.8 Å². The molecule has 2 aliphatic heterocycles.